The van der Waals surface area contributed by atoms with Gasteiger partial charge in [-0.3, -0.25) is 4.79 Å². The molecule has 202 valence electrons. The molecule has 4 rings (SSSR count). The van der Waals surface area contributed by atoms with Gasteiger partial charge in [-0.25, -0.2) is 0 Å². The lowest BCUT2D eigenvalue weighted by atomic mass is 9.43. The van der Waals surface area contributed by atoms with E-state index in [0.29, 0.717) is 50.4 Å². The highest BCUT2D eigenvalue weighted by molar-refractivity contribution is 5.69. The van der Waals surface area contributed by atoms with Gasteiger partial charge in [0.05, 0.1) is 19.3 Å². The summed E-state index contributed by atoms with van der Waals surface area (Å²) >= 11 is 0. The average molecular weight is 497 g/mol. The molecule has 4 saturated carbocycles. The maximum atomic E-state index is 11.7. The Labute approximate surface area is 210 Å². The smallest absolute Gasteiger partial charge is 0.305 e. The van der Waals surface area contributed by atoms with Crippen molar-refractivity contribution >= 4 is 5.97 Å². The van der Waals surface area contributed by atoms with Crippen molar-refractivity contribution in [2.75, 3.05) is 7.11 Å². The number of esters is 1. The molecule has 7 heteroatoms. The maximum Gasteiger partial charge on any atom is 0.305 e. The van der Waals surface area contributed by atoms with Gasteiger partial charge in [0.25, 0.3) is 0 Å². The number of rotatable bonds is 7. The molecular weight excluding hydrogens is 448 g/mol. The van der Waals surface area contributed by atoms with Crippen molar-refractivity contribution in [1.29, 1.82) is 0 Å². The van der Waals surface area contributed by atoms with Crippen molar-refractivity contribution in [3.05, 3.63) is 0 Å². The monoisotopic (exact) mass is 496 g/mol. The number of carbonyl (C=O) groups excluding carboxylic acids is 1. The number of hydrogen-bond donors (Lipinski definition) is 4. The van der Waals surface area contributed by atoms with Crippen LogP contribution in [-0.4, -0.2) is 57.8 Å². The summed E-state index contributed by atoms with van der Waals surface area (Å²) in [4.78, 5) is 11.7. The van der Waals surface area contributed by atoms with Crippen LogP contribution < -0.4 is 0 Å². The Morgan fingerprint density at radius 1 is 1.11 bits per heavy atom. The summed E-state index contributed by atoms with van der Waals surface area (Å²) in [5.74, 6) is -0.290. The Morgan fingerprint density at radius 3 is 2.49 bits per heavy atom. The number of ether oxygens (including phenoxy) is 2. The molecule has 4 aliphatic rings. The van der Waals surface area contributed by atoms with Gasteiger partial charge in [0, 0.05) is 19.3 Å². The van der Waals surface area contributed by atoms with Gasteiger partial charge in [-0.05, 0) is 91.3 Å². The molecule has 7 nitrogen and oxygen atoms in total. The lowest BCUT2D eigenvalue weighted by Gasteiger charge is -2.64. The molecule has 4 aliphatic carbocycles. The molecule has 0 aliphatic heterocycles. The van der Waals surface area contributed by atoms with Gasteiger partial charge < -0.3 is 29.9 Å². The molecule has 0 aromatic heterocycles. The van der Waals surface area contributed by atoms with E-state index in [1.54, 1.807) is 0 Å². The topological polar surface area (TPSA) is 116 Å². The minimum absolute atomic E-state index is 0.0780. The first-order valence-corrected chi connectivity index (χ1v) is 13.9. The lowest BCUT2D eigenvalue weighted by molar-refractivity contribution is -0.317. The average Bonchev–Trinajstić information content (AvgIpc) is 3.17. The first-order chi connectivity index (χ1) is 16.4. The highest BCUT2D eigenvalue weighted by atomic mass is 16.7. The molecule has 12 atom stereocenters. The molecule has 0 spiro atoms. The summed E-state index contributed by atoms with van der Waals surface area (Å²) in [5.41, 5.74) is -0.363. The summed E-state index contributed by atoms with van der Waals surface area (Å²) in [5, 5.41) is 44.3. The van der Waals surface area contributed by atoms with Crippen molar-refractivity contribution in [2.45, 2.75) is 116 Å². The largest absolute Gasteiger partial charge is 0.469 e. The van der Waals surface area contributed by atoms with Gasteiger partial charge in [-0.1, -0.05) is 27.7 Å². The number of hydrogen-bond acceptors (Lipinski definition) is 7. The lowest BCUT2D eigenvalue weighted by Crippen LogP contribution is -2.63. The van der Waals surface area contributed by atoms with E-state index >= 15 is 0 Å². The summed E-state index contributed by atoms with van der Waals surface area (Å²) in [6.07, 6.45) is 4.58. The molecule has 0 amide bonds. The number of aliphatic hydroxyl groups is 4. The van der Waals surface area contributed by atoms with Crippen LogP contribution in [0.4, 0.5) is 0 Å². The van der Waals surface area contributed by atoms with E-state index in [1.165, 1.54) is 7.11 Å². The van der Waals surface area contributed by atoms with Crippen LogP contribution in [0.3, 0.4) is 0 Å². The third kappa shape index (κ3) is 4.58. The number of fused-ring (bicyclic) bond motifs is 5. The second-order valence-electron chi connectivity index (χ2n) is 12.8. The number of carbonyl (C=O) groups is 1. The molecule has 1 unspecified atom stereocenters. The predicted octanol–water partition coefficient (Wildman–Crippen LogP) is 3.61. The van der Waals surface area contributed by atoms with Crippen LogP contribution in [0.2, 0.25) is 0 Å². The SMILES string of the molecule is CCC(O)O[C@@]1(O)CC[C@@]2(C)[C@H](C[C@@H](O)[C@@H]3[C@@H]2C[C@H](O)[C@]2(C)[C@@H]([C@H](C)CCC(=O)OC)CC[C@@H]32)C1. The van der Waals surface area contributed by atoms with E-state index in [1.807, 2.05) is 6.92 Å². The Hall–Kier alpha value is -0.730. The zero-order valence-corrected chi connectivity index (χ0v) is 22.3. The van der Waals surface area contributed by atoms with Crippen LogP contribution in [0, 0.1) is 46.3 Å². The second kappa shape index (κ2) is 9.86. The fourth-order valence-electron chi connectivity index (χ4n) is 9.20. The van der Waals surface area contributed by atoms with E-state index in [0.717, 1.165) is 25.7 Å². The highest BCUT2D eigenvalue weighted by Crippen LogP contribution is 2.69. The van der Waals surface area contributed by atoms with Gasteiger partial charge >= 0.3 is 5.97 Å². The zero-order valence-electron chi connectivity index (χ0n) is 22.3. The Bertz CT molecular complexity index is 774. The molecule has 4 fully saturated rings. The highest BCUT2D eigenvalue weighted by Gasteiger charge is 2.66. The Balaban J connectivity index is 1.54. The van der Waals surface area contributed by atoms with E-state index in [2.05, 4.69) is 20.8 Å². The fraction of sp³-hybridized carbons (Fsp3) is 0.964. The van der Waals surface area contributed by atoms with Crippen molar-refractivity contribution in [3.63, 3.8) is 0 Å². The summed E-state index contributed by atoms with van der Waals surface area (Å²) < 4.78 is 10.5. The Kier molecular flexibility index (Phi) is 7.70. The fourth-order valence-corrected chi connectivity index (χ4v) is 9.20. The first kappa shape index (κ1) is 27.3. The number of aliphatic hydroxyl groups excluding tert-OH is 3. The maximum absolute atomic E-state index is 11.7. The van der Waals surface area contributed by atoms with Gasteiger partial charge in [0.2, 0.25) is 0 Å². The summed E-state index contributed by atoms with van der Waals surface area (Å²) in [6, 6.07) is 0. The van der Waals surface area contributed by atoms with Gasteiger partial charge in [0.1, 0.15) is 0 Å². The molecule has 4 N–H and O–H groups in total. The van der Waals surface area contributed by atoms with Gasteiger partial charge in [0.15, 0.2) is 12.1 Å². The van der Waals surface area contributed by atoms with Crippen LogP contribution in [0.25, 0.3) is 0 Å². The van der Waals surface area contributed by atoms with E-state index in [-0.39, 0.29) is 40.5 Å². The zero-order chi connectivity index (χ0) is 25.8. The van der Waals surface area contributed by atoms with Crippen LogP contribution in [0.15, 0.2) is 0 Å². The van der Waals surface area contributed by atoms with Crippen LogP contribution >= 0.6 is 0 Å². The van der Waals surface area contributed by atoms with Crippen LogP contribution in [-0.2, 0) is 14.3 Å². The Morgan fingerprint density at radius 2 is 1.83 bits per heavy atom. The standard InChI is InChI=1S/C28H48O7/c1-6-23(31)35-28(33)12-11-26(3)17(15-28)13-21(29)25-19-9-8-18(16(2)7-10-24(32)34-5)27(19,4)22(30)14-20(25)26/h16-23,25,29-31,33H,6-15H2,1-5H3/t16-,17-,18-,19+,20+,21-,22+,23?,25+,26+,27-,28+/m1/s1. The van der Waals surface area contributed by atoms with E-state index < -0.39 is 24.3 Å². The van der Waals surface area contributed by atoms with E-state index in [9.17, 15) is 25.2 Å². The third-order valence-corrected chi connectivity index (χ3v) is 11.3. The van der Waals surface area contributed by atoms with Crippen LogP contribution in [0.1, 0.15) is 91.9 Å². The molecule has 0 radical (unpaired) electrons. The molecule has 0 aromatic rings. The summed E-state index contributed by atoms with van der Waals surface area (Å²) in [6.45, 7) is 8.53. The van der Waals surface area contributed by atoms with Gasteiger partial charge in [-0.2, -0.15) is 0 Å². The van der Waals surface area contributed by atoms with Gasteiger partial charge in [-0.15, -0.1) is 0 Å². The molecule has 0 saturated heterocycles. The second-order valence-corrected chi connectivity index (χ2v) is 12.8. The molecule has 0 heterocycles. The van der Waals surface area contributed by atoms with Crippen molar-refractivity contribution in [2.24, 2.45) is 46.3 Å². The number of methoxy groups -OCH3 is 1. The molecule has 0 aromatic carbocycles. The summed E-state index contributed by atoms with van der Waals surface area (Å²) in [7, 11) is 1.42. The molecule has 0 bridgehead atoms. The van der Waals surface area contributed by atoms with Crippen molar-refractivity contribution < 1.29 is 34.7 Å². The first-order valence-electron chi connectivity index (χ1n) is 13.9. The van der Waals surface area contributed by atoms with E-state index in [4.69, 9.17) is 9.47 Å². The third-order valence-electron chi connectivity index (χ3n) is 11.3. The minimum atomic E-state index is -1.36. The normalized spacial score (nSPS) is 48.9. The van der Waals surface area contributed by atoms with Crippen molar-refractivity contribution in [1.82, 2.24) is 0 Å². The van der Waals surface area contributed by atoms with Crippen LogP contribution in [0.5, 0.6) is 0 Å². The van der Waals surface area contributed by atoms with Crippen molar-refractivity contribution in [3.8, 4) is 0 Å². The molecular formula is C28H48O7. The quantitative estimate of drug-likeness (QED) is 0.314. The minimum Gasteiger partial charge on any atom is -0.469 e. The predicted molar refractivity (Wildman–Crippen MR) is 131 cm³/mol. The molecule has 35 heavy (non-hydrogen) atoms.